The standard InChI is InChI=1S/C19H15N3O5/c1-2-22-13-6-4-3-5-11(13)19(18(22)25)12(8-20)17(21)27-15-14(24)7-10(9-23)26-16(15)19/h3-7,23H,2,9,21H2,1H3/t19-/m1/s1. The Morgan fingerprint density at radius 1 is 1.33 bits per heavy atom. The second kappa shape index (κ2) is 5.72. The number of carbonyl (C=O) groups is 1. The Kier molecular flexibility index (Phi) is 3.58. The molecule has 4 rings (SSSR count). The fourth-order valence-electron chi connectivity index (χ4n) is 3.78. The highest BCUT2D eigenvalue weighted by Crippen LogP contribution is 2.54. The predicted octanol–water partition coefficient (Wildman–Crippen LogP) is 0.871. The Labute approximate surface area is 153 Å². The summed E-state index contributed by atoms with van der Waals surface area (Å²) in [5, 5.41) is 19.3. The van der Waals surface area contributed by atoms with E-state index >= 15 is 0 Å². The maximum atomic E-state index is 13.6. The Bertz CT molecular complexity index is 1110. The van der Waals surface area contributed by atoms with E-state index in [-0.39, 0.29) is 28.7 Å². The van der Waals surface area contributed by atoms with Crippen LogP contribution in [0.3, 0.4) is 0 Å². The van der Waals surface area contributed by atoms with Gasteiger partial charge < -0.3 is 24.9 Å². The molecule has 2 aromatic rings. The Hall–Kier alpha value is -3.57. The molecule has 0 bridgehead atoms. The van der Waals surface area contributed by atoms with Crippen LogP contribution in [-0.2, 0) is 16.8 Å². The summed E-state index contributed by atoms with van der Waals surface area (Å²) < 4.78 is 11.1. The lowest BCUT2D eigenvalue weighted by Gasteiger charge is -2.32. The van der Waals surface area contributed by atoms with Gasteiger partial charge in [-0.25, -0.2) is 0 Å². The lowest BCUT2D eigenvalue weighted by atomic mass is 9.72. The van der Waals surface area contributed by atoms with Crippen molar-refractivity contribution >= 4 is 11.6 Å². The van der Waals surface area contributed by atoms with Gasteiger partial charge in [0, 0.05) is 23.9 Å². The third kappa shape index (κ3) is 1.94. The van der Waals surface area contributed by atoms with Crippen LogP contribution in [0, 0.1) is 11.3 Å². The van der Waals surface area contributed by atoms with Crippen LogP contribution < -0.4 is 20.8 Å². The van der Waals surface area contributed by atoms with Gasteiger partial charge in [0.15, 0.2) is 11.2 Å². The molecule has 0 saturated carbocycles. The second-order valence-corrected chi connectivity index (χ2v) is 6.16. The summed E-state index contributed by atoms with van der Waals surface area (Å²) in [5.74, 6) is -1.23. The zero-order valence-corrected chi connectivity index (χ0v) is 14.4. The molecule has 0 saturated heterocycles. The minimum Gasteiger partial charge on any atom is -0.457 e. The average molecular weight is 365 g/mol. The fourth-order valence-corrected chi connectivity index (χ4v) is 3.78. The molecular formula is C19H15N3O5. The first-order valence-corrected chi connectivity index (χ1v) is 8.28. The highest BCUT2D eigenvalue weighted by Gasteiger charge is 2.61. The van der Waals surface area contributed by atoms with E-state index in [0.717, 1.165) is 6.07 Å². The number of hydrogen-bond donors (Lipinski definition) is 2. The van der Waals surface area contributed by atoms with E-state index in [9.17, 15) is 20.0 Å². The maximum Gasteiger partial charge on any atom is 0.251 e. The van der Waals surface area contributed by atoms with E-state index < -0.39 is 23.4 Å². The zero-order chi connectivity index (χ0) is 19.3. The normalized spacial score (nSPS) is 20.3. The number of nitrogens with two attached hydrogens (primary N) is 1. The van der Waals surface area contributed by atoms with Crippen LogP contribution in [0.4, 0.5) is 5.69 Å². The molecule has 1 aromatic carbocycles. The molecule has 2 aliphatic rings. The van der Waals surface area contributed by atoms with E-state index in [0.29, 0.717) is 17.8 Å². The minimum absolute atomic E-state index is 0.0419. The van der Waals surface area contributed by atoms with Crippen molar-refractivity contribution in [3.63, 3.8) is 0 Å². The van der Waals surface area contributed by atoms with Gasteiger partial charge in [0.2, 0.25) is 17.1 Å². The number of benzene rings is 1. The van der Waals surface area contributed by atoms with Crippen LogP contribution >= 0.6 is 0 Å². The molecule has 3 heterocycles. The smallest absolute Gasteiger partial charge is 0.251 e. The van der Waals surface area contributed by atoms with E-state index in [1.165, 1.54) is 4.90 Å². The van der Waals surface area contributed by atoms with Crippen LogP contribution in [0.1, 0.15) is 24.0 Å². The molecule has 0 radical (unpaired) electrons. The first kappa shape index (κ1) is 16.9. The predicted molar refractivity (Wildman–Crippen MR) is 93.6 cm³/mol. The molecule has 3 N–H and O–H groups in total. The molecular weight excluding hydrogens is 350 g/mol. The van der Waals surface area contributed by atoms with Gasteiger partial charge in [-0.05, 0) is 13.0 Å². The summed E-state index contributed by atoms with van der Waals surface area (Å²) in [6.07, 6.45) is 0. The number of aliphatic hydroxyl groups is 1. The number of aliphatic hydroxyl groups excluding tert-OH is 1. The van der Waals surface area contributed by atoms with Crippen LogP contribution in [0.5, 0.6) is 5.75 Å². The molecule has 0 fully saturated rings. The quantitative estimate of drug-likeness (QED) is 0.807. The third-order valence-electron chi connectivity index (χ3n) is 4.88. The summed E-state index contributed by atoms with van der Waals surface area (Å²) in [6, 6.07) is 9.96. The largest absolute Gasteiger partial charge is 0.457 e. The van der Waals surface area contributed by atoms with Crippen molar-refractivity contribution < 1.29 is 19.1 Å². The van der Waals surface area contributed by atoms with Gasteiger partial charge in [-0.2, -0.15) is 5.26 Å². The average Bonchev–Trinajstić information content (AvgIpc) is 2.92. The minimum atomic E-state index is -1.73. The molecule has 0 unspecified atom stereocenters. The van der Waals surface area contributed by atoms with Gasteiger partial charge in [0.05, 0.1) is 0 Å². The molecule has 1 aromatic heterocycles. The van der Waals surface area contributed by atoms with Gasteiger partial charge in [0.1, 0.15) is 24.0 Å². The van der Waals surface area contributed by atoms with Crippen molar-refractivity contribution in [1.29, 1.82) is 5.26 Å². The highest BCUT2D eigenvalue weighted by atomic mass is 16.5. The summed E-state index contributed by atoms with van der Waals surface area (Å²) in [6.45, 7) is 1.59. The monoisotopic (exact) mass is 365 g/mol. The molecule has 8 heteroatoms. The summed E-state index contributed by atoms with van der Waals surface area (Å²) in [7, 11) is 0. The SMILES string of the molecule is CCN1C(=O)[C@@]2(C(C#N)=C(N)Oc3c2oc(CO)cc3=O)c2ccccc21. The van der Waals surface area contributed by atoms with E-state index in [1.54, 1.807) is 31.2 Å². The summed E-state index contributed by atoms with van der Waals surface area (Å²) in [4.78, 5) is 27.6. The lowest BCUT2D eigenvalue weighted by molar-refractivity contribution is -0.121. The topological polar surface area (TPSA) is 130 Å². The molecule has 1 amide bonds. The van der Waals surface area contributed by atoms with Crippen LogP contribution in [0.25, 0.3) is 0 Å². The number of rotatable bonds is 2. The van der Waals surface area contributed by atoms with Crippen molar-refractivity contribution in [2.45, 2.75) is 18.9 Å². The number of likely N-dealkylation sites (N-methyl/N-ethyl adjacent to an activating group) is 1. The van der Waals surface area contributed by atoms with Gasteiger partial charge in [-0.1, -0.05) is 18.2 Å². The number of nitrogens with zero attached hydrogens (tertiary/aromatic N) is 2. The molecule has 8 nitrogen and oxygen atoms in total. The lowest BCUT2D eigenvalue weighted by Crippen LogP contribution is -2.46. The van der Waals surface area contributed by atoms with Crippen molar-refractivity contribution in [3.8, 4) is 11.8 Å². The van der Waals surface area contributed by atoms with Crippen LogP contribution in [-0.4, -0.2) is 17.6 Å². The second-order valence-electron chi connectivity index (χ2n) is 6.16. The van der Waals surface area contributed by atoms with E-state index in [4.69, 9.17) is 14.9 Å². The number of ether oxygens (including phenoxy) is 1. The maximum absolute atomic E-state index is 13.6. The van der Waals surface area contributed by atoms with Gasteiger partial charge in [-0.15, -0.1) is 0 Å². The number of fused-ring (bicyclic) bond motifs is 4. The molecule has 2 aliphatic heterocycles. The third-order valence-corrected chi connectivity index (χ3v) is 4.88. The van der Waals surface area contributed by atoms with Crippen LogP contribution in [0.15, 0.2) is 51.0 Å². The number of nitriles is 1. The fraction of sp³-hybridized carbons (Fsp3) is 0.211. The number of hydrogen-bond acceptors (Lipinski definition) is 7. The highest BCUT2D eigenvalue weighted by molar-refractivity contribution is 6.13. The Balaban J connectivity index is 2.20. The molecule has 1 spiro atoms. The number of amides is 1. The number of para-hydroxylation sites is 1. The zero-order valence-electron chi connectivity index (χ0n) is 14.4. The number of carbonyl (C=O) groups excluding carboxylic acids is 1. The van der Waals surface area contributed by atoms with Crippen molar-refractivity contribution in [1.82, 2.24) is 0 Å². The van der Waals surface area contributed by atoms with Crippen molar-refractivity contribution in [2.75, 3.05) is 11.4 Å². The van der Waals surface area contributed by atoms with Gasteiger partial charge in [0.25, 0.3) is 5.91 Å². The number of anilines is 1. The van der Waals surface area contributed by atoms with E-state index in [1.807, 2.05) is 6.07 Å². The van der Waals surface area contributed by atoms with Gasteiger partial charge >= 0.3 is 0 Å². The van der Waals surface area contributed by atoms with Crippen molar-refractivity contribution in [3.05, 3.63) is 69.1 Å². The Morgan fingerprint density at radius 2 is 2.07 bits per heavy atom. The molecule has 136 valence electrons. The Morgan fingerprint density at radius 3 is 2.74 bits per heavy atom. The van der Waals surface area contributed by atoms with Crippen LogP contribution in [0.2, 0.25) is 0 Å². The molecule has 1 atom stereocenters. The first-order chi connectivity index (χ1) is 13.0. The van der Waals surface area contributed by atoms with Crippen molar-refractivity contribution in [2.24, 2.45) is 5.73 Å². The van der Waals surface area contributed by atoms with E-state index in [2.05, 4.69) is 0 Å². The summed E-state index contributed by atoms with van der Waals surface area (Å²) in [5.41, 5.74) is 4.52. The van der Waals surface area contributed by atoms with Gasteiger partial charge in [-0.3, -0.25) is 9.59 Å². The summed E-state index contributed by atoms with van der Waals surface area (Å²) >= 11 is 0. The molecule has 0 aliphatic carbocycles. The molecule has 27 heavy (non-hydrogen) atoms. The first-order valence-electron chi connectivity index (χ1n) is 8.28.